The fourth-order valence-electron chi connectivity index (χ4n) is 3.25. The lowest BCUT2D eigenvalue weighted by atomic mass is 10.0. The van der Waals surface area contributed by atoms with Crippen molar-refractivity contribution in [3.63, 3.8) is 0 Å². The van der Waals surface area contributed by atoms with Crippen LogP contribution in [-0.2, 0) is 20.7 Å². The van der Waals surface area contributed by atoms with Gasteiger partial charge in [-0.2, -0.15) is 0 Å². The average Bonchev–Trinajstić information content (AvgIpc) is 2.71. The van der Waals surface area contributed by atoms with Crippen molar-refractivity contribution in [2.24, 2.45) is 0 Å². The summed E-state index contributed by atoms with van der Waals surface area (Å²) in [5.74, 6) is -1.26. The number of fused-ring (bicyclic) bond motifs is 1. The van der Waals surface area contributed by atoms with Crippen molar-refractivity contribution in [3.8, 4) is 0 Å². The predicted octanol–water partition coefficient (Wildman–Crippen LogP) is 2.64. The Labute approximate surface area is 164 Å². The minimum absolute atomic E-state index is 0.266. The molecule has 0 aromatic heterocycles. The smallest absolute Gasteiger partial charge is 0.328 e. The largest absolute Gasteiger partial charge is 0.454 e. The first-order valence-corrected chi connectivity index (χ1v) is 9.38. The summed E-state index contributed by atoms with van der Waals surface area (Å²) in [5.41, 5.74) is 3.42. The number of rotatable bonds is 5. The molecule has 2 aromatic carbocycles. The number of nitrogens with zero attached hydrogens (tertiary/aromatic N) is 1. The van der Waals surface area contributed by atoms with Crippen molar-refractivity contribution < 1.29 is 19.1 Å². The van der Waals surface area contributed by atoms with E-state index in [0.29, 0.717) is 12.1 Å². The summed E-state index contributed by atoms with van der Waals surface area (Å²) in [7, 11) is 0. The first-order valence-electron chi connectivity index (χ1n) is 9.38. The molecule has 2 aromatic rings. The molecule has 0 spiro atoms. The molecule has 0 saturated heterocycles. The minimum Gasteiger partial charge on any atom is -0.454 e. The van der Waals surface area contributed by atoms with Gasteiger partial charge in [0.05, 0.1) is 0 Å². The summed E-state index contributed by atoms with van der Waals surface area (Å²) in [6.07, 6.45) is 1.81. The molecule has 6 heteroatoms. The van der Waals surface area contributed by atoms with Crippen LogP contribution in [0, 0.1) is 6.92 Å². The minimum atomic E-state index is -0.852. The lowest BCUT2D eigenvalue weighted by molar-refractivity contribution is -0.149. The van der Waals surface area contributed by atoms with Gasteiger partial charge in [-0.3, -0.25) is 9.59 Å². The van der Waals surface area contributed by atoms with E-state index in [2.05, 4.69) is 5.32 Å². The van der Waals surface area contributed by atoms with Crippen LogP contribution in [0.5, 0.6) is 0 Å². The Morgan fingerprint density at radius 3 is 2.71 bits per heavy atom. The van der Waals surface area contributed by atoms with E-state index in [4.69, 9.17) is 4.74 Å². The van der Waals surface area contributed by atoms with Gasteiger partial charge in [0.15, 0.2) is 6.61 Å². The molecule has 1 heterocycles. The summed E-state index contributed by atoms with van der Waals surface area (Å²) in [6, 6.07) is 14.0. The van der Waals surface area contributed by atoms with E-state index in [0.717, 1.165) is 29.7 Å². The van der Waals surface area contributed by atoms with Gasteiger partial charge >= 0.3 is 5.97 Å². The van der Waals surface area contributed by atoms with E-state index in [1.165, 1.54) is 6.92 Å². The van der Waals surface area contributed by atoms with E-state index in [1.54, 1.807) is 23.1 Å². The molecule has 0 saturated carbocycles. The van der Waals surface area contributed by atoms with Crippen LogP contribution < -0.4 is 10.2 Å². The molecule has 28 heavy (non-hydrogen) atoms. The monoisotopic (exact) mass is 380 g/mol. The summed E-state index contributed by atoms with van der Waals surface area (Å²) in [4.78, 5) is 38.6. The number of ether oxygens (including phenoxy) is 1. The number of amides is 2. The average molecular weight is 380 g/mol. The van der Waals surface area contributed by atoms with Crippen LogP contribution in [0.4, 0.5) is 5.69 Å². The highest BCUT2D eigenvalue weighted by Gasteiger charge is 2.24. The zero-order valence-electron chi connectivity index (χ0n) is 16.1. The van der Waals surface area contributed by atoms with Crippen molar-refractivity contribution in [1.29, 1.82) is 0 Å². The van der Waals surface area contributed by atoms with Gasteiger partial charge in [0.25, 0.3) is 11.8 Å². The second kappa shape index (κ2) is 8.69. The van der Waals surface area contributed by atoms with Gasteiger partial charge in [-0.05, 0) is 50.5 Å². The Morgan fingerprint density at radius 2 is 1.93 bits per heavy atom. The van der Waals surface area contributed by atoms with Crippen LogP contribution in [0.15, 0.2) is 48.5 Å². The molecule has 1 atom stereocenters. The first kappa shape index (κ1) is 19.6. The zero-order chi connectivity index (χ0) is 20.1. The maximum Gasteiger partial charge on any atom is 0.328 e. The number of nitrogens with one attached hydrogen (secondary N) is 1. The van der Waals surface area contributed by atoms with Crippen molar-refractivity contribution in [2.45, 2.75) is 32.7 Å². The quantitative estimate of drug-likeness (QED) is 0.809. The molecule has 146 valence electrons. The zero-order valence-corrected chi connectivity index (χ0v) is 16.1. The standard InChI is InChI=1S/C22H24N2O4/c1-15-7-5-9-18(13-15)21(26)23-16(2)22(27)28-14-20(25)24-12-6-10-17-8-3-4-11-19(17)24/h3-5,7-9,11,13,16H,6,10,12,14H2,1-2H3,(H,23,26). The van der Waals surface area contributed by atoms with Gasteiger partial charge < -0.3 is 15.0 Å². The summed E-state index contributed by atoms with van der Waals surface area (Å²) in [5, 5.41) is 2.60. The number of hydrogen-bond donors (Lipinski definition) is 1. The Hall–Kier alpha value is -3.15. The third-order valence-corrected chi connectivity index (χ3v) is 4.73. The Balaban J connectivity index is 1.54. The van der Waals surface area contributed by atoms with E-state index >= 15 is 0 Å². The molecule has 1 aliphatic rings. The summed E-state index contributed by atoms with van der Waals surface area (Å²) >= 11 is 0. The van der Waals surface area contributed by atoms with Crippen molar-refractivity contribution in [3.05, 3.63) is 65.2 Å². The second-order valence-corrected chi connectivity index (χ2v) is 6.95. The van der Waals surface area contributed by atoms with Crippen molar-refractivity contribution in [2.75, 3.05) is 18.1 Å². The third-order valence-electron chi connectivity index (χ3n) is 4.73. The Bertz CT molecular complexity index is 894. The molecule has 1 unspecified atom stereocenters. The topological polar surface area (TPSA) is 75.7 Å². The normalized spacial score (nSPS) is 14.0. The first-order chi connectivity index (χ1) is 13.5. The number of hydrogen-bond acceptors (Lipinski definition) is 4. The molecule has 0 bridgehead atoms. The van der Waals surface area contributed by atoms with E-state index < -0.39 is 12.0 Å². The molecule has 1 aliphatic heterocycles. The molecule has 6 nitrogen and oxygen atoms in total. The van der Waals surface area contributed by atoms with Crippen LogP contribution in [0.1, 0.15) is 34.8 Å². The highest BCUT2D eigenvalue weighted by molar-refractivity contribution is 5.98. The molecule has 0 radical (unpaired) electrons. The molecular weight excluding hydrogens is 356 g/mol. The fraction of sp³-hybridized carbons (Fsp3) is 0.318. The van der Waals surface area contributed by atoms with Crippen LogP contribution in [0.25, 0.3) is 0 Å². The number of carbonyl (C=O) groups is 3. The molecular formula is C22H24N2O4. The number of carbonyl (C=O) groups excluding carboxylic acids is 3. The second-order valence-electron chi connectivity index (χ2n) is 6.95. The van der Waals surface area contributed by atoms with Crippen LogP contribution in [0.2, 0.25) is 0 Å². The molecule has 0 fully saturated rings. The molecule has 3 rings (SSSR count). The molecule has 0 aliphatic carbocycles. The number of anilines is 1. The van der Waals surface area contributed by atoms with Crippen LogP contribution in [-0.4, -0.2) is 37.0 Å². The van der Waals surface area contributed by atoms with Gasteiger partial charge in [-0.15, -0.1) is 0 Å². The molecule has 1 N–H and O–H groups in total. The van der Waals surface area contributed by atoms with Gasteiger partial charge in [-0.25, -0.2) is 4.79 Å². The number of esters is 1. The van der Waals surface area contributed by atoms with Crippen LogP contribution in [0.3, 0.4) is 0 Å². The van der Waals surface area contributed by atoms with E-state index in [-0.39, 0.29) is 18.4 Å². The third kappa shape index (κ3) is 4.57. The van der Waals surface area contributed by atoms with Crippen molar-refractivity contribution in [1.82, 2.24) is 5.32 Å². The number of benzene rings is 2. The maximum absolute atomic E-state index is 12.5. The van der Waals surface area contributed by atoms with Crippen LogP contribution >= 0.6 is 0 Å². The van der Waals surface area contributed by atoms with Gasteiger partial charge in [0, 0.05) is 17.8 Å². The highest BCUT2D eigenvalue weighted by atomic mass is 16.5. The van der Waals surface area contributed by atoms with E-state index in [9.17, 15) is 14.4 Å². The van der Waals surface area contributed by atoms with Gasteiger partial charge in [-0.1, -0.05) is 35.9 Å². The molecule has 2 amide bonds. The van der Waals surface area contributed by atoms with Gasteiger partial charge in [0.2, 0.25) is 0 Å². The number of para-hydroxylation sites is 1. The lowest BCUT2D eigenvalue weighted by Gasteiger charge is -2.29. The summed E-state index contributed by atoms with van der Waals surface area (Å²) < 4.78 is 5.15. The summed E-state index contributed by atoms with van der Waals surface area (Å²) in [6.45, 7) is 3.68. The van der Waals surface area contributed by atoms with E-state index in [1.807, 2.05) is 37.3 Å². The fourth-order valence-corrected chi connectivity index (χ4v) is 3.25. The SMILES string of the molecule is Cc1cccc(C(=O)NC(C)C(=O)OCC(=O)N2CCCc3ccccc32)c1. The lowest BCUT2D eigenvalue weighted by Crippen LogP contribution is -2.42. The number of aryl methyl sites for hydroxylation is 2. The van der Waals surface area contributed by atoms with Gasteiger partial charge in [0.1, 0.15) is 6.04 Å². The Morgan fingerprint density at radius 1 is 1.14 bits per heavy atom. The maximum atomic E-state index is 12.5. The Kier molecular flexibility index (Phi) is 6.09. The predicted molar refractivity (Wildman–Crippen MR) is 106 cm³/mol. The van der Waals surface area contributed by atoms with Crippen molar-refractivity contribution >= 4 is 23.5 Å². The highest BCUT2D eigenvalue weighted by Crippen LogP contribution is 2.26.